The van der Waals surface area contributed by atoms with Crippen LogP contribution in [0.1, 0.15) is 30.4 Å². The topological polar surface area (TPSA) is 59.4 Å². The molecule has 4 nitrogen and oxygen atoms in total. The smallest absolute Gasteiger partial charge is 0.303 e. The number of carboxylic acids is 1. The molecule has 0 aliphatic carbocycles. The maximum absolute atomic E-state index is 10.9. The molecule has 0 saturated heterocycles. The van der Waals surface area contributed by atoms with Crippen molar-refractivity contribution in [2.75, 3.05) is 7.11 Å². The van der Waals surface area contributed by atoms with Gasteiger partial charge in [-0.3, -0.25) is 9.78 Å². The first-order valence-corrected chi connectivity index (χ1v) is 7.31. The SMILES string of the molecule is COc1cc(Cl)c(C)cc1-c1cncc(C(C)CC(=O)O)c1. The summed E-state index contributed by atoms with van der Waals surface area (Å²) in [5.74, 6) is -0.261. The summed E-state index contributed by atoms with van der Waals surface area (Å²) in [6, 6.07) is 5.68. The van der Waals surface area contributed by atoms with Gasteiger partial charge in [0.15, 0.2) is 0 Å². The van der Waals surface area contributed by atoms with E-state index in [1.54, 1.807) is 25.6 Å². The normalized spacial score (nSPS) is 12.0. The van der Waals surface area contributed by atoms with Crippen LogP contribution in [0.15, 0.2) is 30.6 Å². The van der Waals surface area contributed by atoms with Crippen LogP contribution in [0.4, 0.5) is 0 Å². The summed E-state index contributed by atoms with van der Waals surface area (Å²) >= 11 is 6.13. The molecular formula is C17H18ClNO3. The molecule has 0 aliphatic rings. The van der Waals surface area contributed by atoms with Gasteiger partial charge in [-0.2, -0.15) is 0 Å². The molecule has 0 fully saturated rings. The third-order valence-electron chi connectivity index (χ3n) is 3.60. The van der Waals surface area contributed by atoms with Gasteiger partial charge in [-0.1, -0.05) is 18.5 Å². The van der Waals surface area contributed by atoms with E-state index in [-0.39, 0.29) is 12.3 Å². The van der Waals surface area contributed by atoms with E-state index >= 15 is 0 Å². The predicted molar refractivity (Wildman–Crippen MR) is 86.6 cm³/mol. The highest BCUT2D eigenvalue weighted by molar-refractivity contribution is 6.31. The maximum atomic E-state index is 10.9. The van der Waals surface area contributed by atoms with E-state index in [1.165, 1.54) is 0 Å². The molecule has 116 valence electrons. The number of halogens is 1. The predicted octanol–water partition coefficient (Wildman–Crippen LogP) is 4.30. The lowest BCUT2D eigenvalue weighted by Crippen LogP contribution is -2.03. The van der Waals surface area contributed by atoms with Crippen molar-refractivity contribution in [3.05, 3.63) is 46.7 Å². The summed E-state index contributed by atoms with van der Waals surface area (Å²) in [5.41, 5.74) is 3.60. The Morgan fingerprint density at radius 2 is 2.09 bits per heavy atom. The standard InChI is InChI=1S/C17H18ClNO3/c1-10(5-17(20)21)12-6-13(9-19-8-12)14-4-11(2)15(18)7-16(14)22-3/h4,6-10H,5H2,1-3H3,(H,20,21). The van der Waals surface area contributed by atoms with Crippen molar-refractivity contribution in [1.82, 2.24) is 4.98 Å². The summed E-state index contributed by atoms with van der Waals surface area (Å²) in [6.45, 7) is 3.80. The van der Waals surface area contributed by atoms with Crippen LogP contribution in [0.5, 0.6) is 5.75 Å². The average molecular weight is 320 g/mol. The second-order valence-corrected chi connectivity index (χ2v) is 5.71. The number of benzene rings is 1. The number of hydrogen-bond acceptors (Lipinski definition) is 3. The van der Waals surface area contributed by atoms with E-state index in [4.69, 9.17) is 21.4 Å². The van der Waals surface area contributed by atoms with Crippen LogP contribution in [0.2, 0.25) is 5.02 Å². The molecule has 1 aromatic heterocycles. The molecule has 0 radical (unpaired) electrons. The highest BCUT2D eigenvalue weighted by atomic mass is 35.5. The van der Waals surface area contributed by atoms with Crippen molar-refractivity contribution < 1.29 is 14.6 Å². The summed E-state index contributed by atoms with van der Waals surface area (Å²) in [4.78, 5) is 15.1. The number of aromatic nitrogens is 1. The van der Waals surface area contributed by atoms with E-state index in [9.17, 15) is 4.79 Å². The summed E-state index contributed by atoms with van der Waals surface area (Å²) < 4.78 is 5.39. The number of hydrogen-bond donors (Lipinski definition) is 1. The van der Waals surface area contributed by atoms with Crippen LogP contribution in [-0.4, -0.2) is 23.2 Å². The first kappa shape index (κ1) is 16.3. The van der Waals surface area contributed by atoms with Gasteiger partial charge in [-0.25, -0.2) is 0 Å². The number of nitrogens with zero attached hydrogens (tertiary/aromatic N) is 1. The fourth-order valence-electron chi connectivity index (χ4n) is 2.31. The zero-order valence-electron chi connectivity index (χ0n) is 12.8. The van der Waals surface area contributed by atoms with Gasteiger partial charge in [0, 0.05) is 28.5 Å². The molecule has 1 N–H and O–H groups in total. The fraction of sp³-hybridized carbons (Fsp3) is 0.294. The molecule has 1 aromatic carbocycles. The molecule has 22 heavy (non-hydrogen) atoms. The highest BCUT2D eigenvalue weighted by Gasteiger charge is 2.14. The van der Waals surface area contributed by atoms with Crippen molar-refractivity contribution in [3.63, 3.8) is 0 Å². The molecule has 0 amide bonds. The van der Waals surface area contributed by atoms with Crippen molar-refractivity contribution >= 4 is 17.6 Å². The van der Waals surface area contributed by atoms with Crippen LogP contribution >= 0.6 is 11.6 Å². The van der Waals surface area contributed by atoms with Gasteiger partial charge in [0.05, 0.1) is 13.5 Å². The largest absolute Gasteiger partial charge is 0.496 e. The van der Waals surface area contributed by atoms with E-state index in [0.29, 0.717) is 10.8 Å². The van der Waals surface area contributed by atoms with E-state index in [2.05, 4.69) is 4.98 Å². The van der Waals surface area contributed by atoms with Gasteiger partial charge >= 0.3 is 5.97 Å². The van der Waals surface area contributed by atoms with E-state index in [1.807, 2.05) is 26.0 Å². The Bertz CT molecular complexity index is 700. The van der Waals surface area contributed by atoms with Crippen LogP contribution in [0.25, 0.3) is 11.1 Å². The Morgan fingerprint density at radius 3 is 2.73 bits per heavy atom. The molecule has 1 unspecified atom stereocenters. The third-order valence-corrected chi connectivity index (χ3v) is 4.01. The van der Waals surface area contributed by atoms with Crippen LogP contribution in [-0.2, 0) is 4.79 Å². The molecule has 5 heteroatoms. The Labute approximate surface area is 134 Å². The molecule has 2 rings (SSSR count). The number of aryl methyl sites for hydroxylation is 1. The minimum Gasteiger partial charge on any atom is -0.496 e. The molecule has 2 aromatic rings. The number of aliphatic carboxylic acids is 1. The van der Waals surface area contributed by atoms with Crippen molar-refractivity contribution in [3.8, 4) is 16.9 Å². The van der Waals surface area contributed by atoms with Gasteiger partial charge in [-0.05, 0) is 42.2 Å². The van der Waals surface area contributed by atoms with Crippen LogP contribution in [0.3, 0.4) is 0 Å². The van der Waals surface area contributed by atoms with Crippen LogP contribution < -0.4 is 4.74 Å². The Kier molecular flexibility index (Phi) is 5.03. The molecule has 0 saturated carbocycles. The monoisotopic (exact) mass is 319 g/mol. The van der Waals surface area contributed by atoms with Crippen LogP contribution in [0, 0.1) is 6.92 Å². The Hall–Kier alpha value is -2.07. The quantitative estimate of drug-likeness (QED) is 0.892. The second-order valence-electron chi connectivity index (χ2n) is 5.31. The Morgan fingerprint density at radius 1 is 1.36 bits per heavy atom. The van der Waals surface area contributed by atoms with E-state index in [0.717, 1.165) is 22.3 Å². The van der Waals surface area contributed by atoms with Gasteiger partial charge in [-0.15, -0.1) is 0 Å². The van der Waals surface area contributed by atoms with Gasteiger partial charge < -0.3 is 9.84 Å². The number of methoxy groups -OCH3 is 1. The highest BCUT2D eigenvalue weighted by Crippen LogP contribution is 2.35. The zero-order valence-corrected chi connectivity index (χ0v) is 13.5. The van der Waals surface area contributed by atoms with Crippen molar-refractivity contribution in [1.29, 1.82) is 0 Å². The third kappa shape index (κ3) is 3.57. The molecule has 1 heterocycles. The summed E-state index contributed by atoms with van der Waals surface area (Å²) in [7, 11) is 1.59. The second kappa shape index (κ2) is 6.79. The number of ether oxygens (including phenoxy) is 1. The average Bonchev–Trinajstić information content (AvgIpc) is 2.49. The molecular weight excluding hydrogens is 302 g/mol. The van der Waals surface area contributed by atoms with Gasteiger partial charge in [0.2, 0.25) is 0 Å². The lowest BCUT2D eigenvalue weighted by molar-refractivity contribution is -0.137. The van der Waals surface area contributed by atoms with Gasteiger partial charge in [0.1, 0.15) is 5.75 Å². The van der Waals surface area contributed by atoms with E-state index < -0.39 is 5.97 Å². The minimum atomic E-state index is -0.821. The maximum Gasteiger partial charge on any atom is 0.303 e. The fourth-order valence-corrected chi connectivity index (χ4v) is 2.47. The van der Waals surface area contributed by atoms with Gasteiger partial charge in [0.25, 0.3) is 0 Å². The molecule has 1 atom stereocenters. The number of pyridine rings is 1. The summed E-state index contributed by atoms with van der Waals surface area (Å²) in [6.07, 6.45) is 3.51. The first-order chi connectivity index (χ1) is 10.4. The first-order valence-electron chi connectivity index (χ1n) is 6.93. The summed E-state index contributed by atoms with van der Waals surface area (Å²) in [5, 5.41) is 9.57. The molecule has 0 aliphatic heterocycles. The number of rotatable bonds is 5. The lowest BCUT2D eigenvalue weighted by Gasteiger charge is -2.14. The van der Waals surface area contributed by atoms with Crippen molar-refractivity contribution in [2.45, 2.75) is 26.2 Å². The number of carboxylic acid groups (broad SMARTS) is 1. The lowest BCUT2D eigenvalue weighted by atomic mass is 9.95. The molecule has 0 bridgehead atoms. The Balaban J connectivity index is 2.46. The minimum absolute atomic E-state index is 0.0713. The zero-order chi connectivity index (χ0) is 16.3. The number of carbonyl (C=O) groups is 1. The van der Waals surface area contributed by atoms with Crippen molar-refractivity contribution in [2.24, 2.45) is 0 Å². The molecule has 0 spiro atoms.